The minimum Gasteiger partial charge on any atom is -0.317 e. The first-order valence-electron chi connectivity index (χ1n) is 6.14. The van der Waals surface area contributed by atoms with E-state index in [1.807, 2.05) is 7.05 Å². The largest absolute Gasteiger partial charge is 0.317 e. The Labute approximate surface area is 101 Å². The van der Waals surface area contributed by atoms with Crippen LogP contribution in [-0.2, 0) is 6.42 Å². The van der Waals surface area contributed by atoms with Crippen molar-refractivity contribution >= 4 is 0 Å². The van der Waals surface area contributed by atoms with Gasteiger partial charge in [0.2, 0.25) is 0 Å². The van der Waals surface area contributed by atoms with E-state index in [1.54, 1.807) is 6.07 Å². The molecular formula is C14H19F2N. The number of rotatable bonds is 3. The van der Waals surface area contributed by atoms with Crippen LogP contribution >= 0.6 is 0 Å². The molecule has 94 valence electrons. The molecule has 0 saturated heterocycles. The molecule has 2 rings (SSSR count). The molecule has 1 N–H and O–H groups in total. The molecule has 2 unspecified atom stereocenters. The second-order valence-corrected chi connectivity index (χ2v) is 5.46. The number of benzene rings is 1. The average Bonchev–Trinajstić information content (AvgIpc) is 2.66. The van der Waals surface area contributed by atoms with Gasteiger partial charge < -0.3 is 5.32 Å². The lowest BCUT2D eigenvalue weighted by Gasteiger charge is -2.24. The maximum absolute atomic E-state index is 13.1. The van der Waals surface area contributed by atoms with Crippen LogP contribution in [0.1, 0.15) is 31.7 Å². The molecule has 17 heavy (non-hydrogen) atoms. The predicted octanol–water partition coefficient (Wildman–Crippen LogP) is 3.29. The van der Waals surface area contributed by atoms with Crippen LogP contribution in [0, 0.1) is 17.0 Å². The molecule has 1 nitrogen and oxygen atoms in total. The second-order valence-electron chi connectivity index (χ2n) is 5.46. The van der Waals surface area contributed by atoms with Crippen molar-refractivity contribution in [2.45, 2.75) is 38.6 Å². The first kappa shape index (κ1) is 12.5. The molecule has 0 bridgehead atoms. The zero-order chi connectivity index (χ0) is 12.5. The summed E-state index contributed by atoms with van der Waals surface area (Å²) < 4.78 is 26.0. The summed E-state index contributed by atoms with van der Waals surface area (Å²) in [6.45, 7) is 2.23. The lowest BCUT2D eigenvalue weighted by molar-refractivity contribution is 0.323. The van der Waals surface area contributed by atoms with Gasteiger partial charge in [-0.05, 0) is 55.8 Å². The van der Waals surface area contributed by atoms with Gasteiger partial charge in [-0.1, -0.05) is 13.0 Å². The van der Waals surface area contributed by atoms with Gasteiger partial charge in [0.15, 0.2) is 11.6 Å². The van der Waals surface area contributed by atoms with Gasteiger partial charge in [-0.2, -0.15) is 0 Å². The van der Waals surface area contributed by atoms with Crippen LogP contribution in [0.4, 0.5) is 8.78 Å². The van der Waals surface area contributed by atoms with Gasteiger partial charge in [-0.3, -0.25) is 0 Å². The van der Waals surface area contributed by atoms with Crippen molar-refractivity contribution in [1.29, 1.82) is 0 Å². The summed E-state index contributed by atoms with van der Waals surface area (Å²) in [5.41, 5.74) is 1.10. The van der Waals surface area contributed by atoms with E-state index in [0.29, 0.717) is 6.04 Å². The van der Waals surface area contributed by atoms with Crippen LogP contribution in [0.3, 0.4) is 0 Å². The van der Waals surface area contributed by atoms with E-state index in [-0.39, 0.29) is 5.41 Å². The molecule has 1 aromatic carbocycles. The number of nitrogens with one attached hydrogen (secondary N) is 1. The lowest BCUT2D eigenvalue weighted by Crippen LogP contribution is -2.24. The zero-order valence-corrected chi connectivity index (χ0v) is 10.4. The standard InChI is InChI=1S/C14H19F2N/c1-14(6-5-11(9-14)17-2)8-10-3-4-12(15)13(16)7-10/h3-4,7,11,17H,5-6,8-9H2,1-2H3. The summed E-state index contributed by atoms with van der Waals surface area (Å²) in [5.74, 6) is -1.51. The molecule has 2 atom stereocenters. The van der Waals surface area contributed by atoms with Gasteiger partial charge in [0.25, 0.3) is 0 Å². The summed E-state index contributed by atoms with van der Waals surface area (Å²) in [6, 6.07) is 4.80. The molecule has 3 heteroatoms. The Morgan fingerprint density at radius 2 is 2.12 bits per heavy atom. The number of halogens is 2. The molecule has 0 aromatic heterocycles. The molecule has 1 aromatic rings. The van der Waals surface area contributed by atoms with Gasteiger partial charge >= 0.3 is 0 Å². The first-order chi connectivity index (χ1) is 8.02. The number of hydrogen-bond donors (Lipinski definition) is 1. The molecule has 0 radical (unpaired) electrons. The third-order valence-electron chi connectivity index (χ3n) is 3.86. The van der Waals surface area contributed by atoms with E-state index in [9.17, 15) is 8.78 Å². The quantitative estimate of drug-likeness (QED) is 0.853. The third-order valence-corrected chi connectivity index (χ3v) is 3.86. The smallest absolute Gasteiger partial charge is 0.159 e. The van der Waals surface area contributed by atoms with Gasteiger partial charge in [-0.15, -0.1) is 0 Å². The van der Waals surface area contributed by atoms with Gasteiger partial charge in [-0.25, -0.2) is 8.78 Å². The Hall–Kier alpha value is -0.960. The van der Waals surface area contributed by atoms with Crippen molar-refractivity contribution in [2.75, 3.05) is 7.05 Å². The van der Waals surface area contributed by atoms with Crippen LogP contribution in [0.15, 0.2) is 18.2 Å². The van der Waals surface area contributed by atoms with Crippen LogP contribution in [0.5, 0.6) is 0 Å². The monoisotopic (exact) mass is 239 g/mol. The Morgan fingerprint density at radius 1 is 1.35 bits per heavy atom. The van der Waals surface area contributed by atoms with E-state index in [1.165, 1.54) is 12.1 Å². The summed E-state index contributed by atoms with van der Waals surface area (Å²) in [6.07, 6.45) is 4.22. The van der Waals surface area contributed by atoms with Crippen LogP contribution in [-0.4, -0.2) is 13.1 Å². The van der Waals surface area contributed by atoms with E-state index < -0.39 is 11.6 Å². The molecule has 1 fully saturated rings. The minimum atomic E-state index is -0.765. The van der Waals surface area contributed by atoms with Gasteiger partial charge in [0.1, 0.15) is 0 Å². The van der Waals surface area contributed by atoms with Crippen molar-refractivity contribution < 1.29 is 8.78 Å². The zero-order valence-electron chi connectivity index (χ0n) is 10.4. The molecule has 1 aliphatic rings. The topological polar surface area (TPSA) is 12.0 Å². The minimum absolute atomic E-state index is 0.206. The summed E-state index contributed by atoms with van der Waals surface area (Å²) in [5, 5.41) is 3.29. The highest BCUT2D eigenvalue weighted by molar-refractivity contribution is 5.19. The molecular weight excluding hydrogens is 220 g/mol. The van der Waals surface area contributed by atoms with Gasteiger partial charge in [0.05, 0.1) is 0 Å². The van der Waals surface area contributed by atoms with Crippen molar-refractivity contribution in [3.63, 3.8) is 0 Å². The summed E-state index contributed by atoms with van der Waals surface area (Å²) >= 11 is 0. The fourth-order valence-electron chi connectivity index (χ4n) is 2.87. The van der Waals surface area contributed by atoms with E-state index in [0.717, 1.165) is 31.2 Å². The average molecular weight is 239 g/mol. The summed E-state index contributed by atoms with van der Waals surface area (Å²) in [7, 11) is 1.98. The van der Waals surface area contributed by atoms with E-state index in [2.05, 4.69) is 12.2 Å². The van der Waals surface area contributed by atoms with Crippen molar-refractivity contribution in [2.24, 2.45) is 5.41 Å². The third kappa shape index (κ3) is 2.83. The van der Waals surface area contributed by atoms with Crippen molar-refractivity contribution in [3.05, 3.63) is 35.4 Å². The van der Waals surface area contributed by atoms with Crippen LogP contribution < -0.4 is 5.32 Å². The highest BCUT2D eigenvalue weighted by Crippen LogP contribution is 2.40. The van der Waals surface area contributed by atoms with Crippen LogP contribution in [0.25, 0.3) is 0 Å². The summed E-state index contributed by atoms with van der Waals surface area (Å²) in [4.78, 5) is 0. The molecule has 0 amide bonds. The van der Waals surface area contributed by atoms with Gasteiger partial charge in [0, 0.05) is 6.04 Å². The fourth-order valence-corrected chi connectivity index (χ4v) is 2.87. The highest BCUT2D eigenvalue weighted by Gasteiger charge is 2.34. The maximum atomic E-state index is 13.1. The Bertz CT molecular complexity index is 405. The molecule has 1 saturated carbocycles. The Morgan fingerprint density at radius 3 is 2.71 bits per heavy atom. The highest BCUT2D eigenvalue weighted by atomic mass is 19.2. The van der Waals surface area contributed by atoms with E-state index in [4.69, 9.17) is 0 Å². The molecule has 0 spiro atoms. The Balaban J connectivity index is 2.08. The predicted molar refractivity (Wildman–Crippen MR) is 64.9 cm³/mol. The van der Waals surface area contributed by atoms with Crippen LogP contribution in [0.2, 0.25) is 0 Å². The maximum Gasteiger partial charge on any atom is 0.159 e. The Kier molecular flexibility index (Phi) is 3.48. The second kappa shape index (κ2) is 4.73. The lowest BCUT2D eigenvalue weighted by atomic mass is 9.82. The van der Waals surface area contributed by atoms with Crippen molar-refractivity contribution in [1.82, 2.24) is 5.32 Å². The van der Waals surface area contributed by atoms with Crippen molar-refractivity contribution in [3.8, 4) is 0 Å². The number of hydrogen-bond acceptors (Lipinski definition) is 1. The molecule has 1 aliphatic carbocycles. The first-order valence-corrected chi connectivity index (χ1v) is 6.14. The normalized spacial score (nSPS) is 28.6. The van der Waals surface area contributed by atoms with E-state index >= 15 is 0 Å². The fraction of sp³-hybridized carbons (Fsp3) is 0.571. The SMILES string of the molecule is CNC1CCC(C)(Cc2ccc(F)c(F)c2)C1. The molecule has 0 aliphatic heterocycles. The molecule has 0 heterocycles.